The molecule has 1 aliphatic rings. The molecule has 1 atom stereocenters. The van der Waals surface area contributed by atoms with Gasteiger partial charge in [0.25, 0.3) is 0 Å². The molecule has 0 amide bonds. The third-order valence-corrected chi connectivity index (χ3v) is 5.19. The molecular weight excluding hydrogens is 304 g/mol. The maximum absolute atomic E-state index is 13.6. The molecule has 1 aromatic carbocycles. The van der Waals surface area contributed by atoms with Gasteiger partial charge < -0.3 is 5.11 Å². The van der Waals surface area contributed by atoms with Gasteiger partial charge in [-0.3, -0.25) is 0 Å². The van der Waals surface area contributed by atoms with Crippen molar-refractivity contribution >= 4 is 16.0 Å². The highest BCUT2D eigenvalue weighted by Crippen LogP contribution is 2.51. The van der Waals surface area contributed by atoms with Crippen molar-refractivity contribution in [3.05, 3.63) is 29.3 Å². The minimum absolute atomic E-state index is 0.0230. The third-order valence-electron chi connectivity index (χ3n) is 3.77. The highest BCUT2D eigenvalue weighted by molar-refractivity contribution is 7.89. The van der Waals surface area contributed by atoms with Crippen LogP contribution in [-0.2, 0) is 10.0 Å². The number of carbonyl (C=O) groups is 1. The number of aromatic carboxylic acids is 1. The number of carboxylic acid groups (broad SMARTS) is 1. The second-order valence-corrected chi connectivity index (χ2v) is 7.55. The zero-order valence-electron chi connectivity index (χ0n) is 11.5. The summed E-state index contributed by atoms with van der Waals surface area (Å²) in [6.07, 6.45) is 0.835. The third kappa shape index (κ3) is 3.21. The van der Waals surface area contributed by atoms with E-state index in [4.69, 9.17) is 5.11 Å². The maximum atomic E-state index is 13.6. The van der Waals surface area contributed by atoms with Gasteiger partial charge in [0, 0.05) is 6.54 Å². The van der Waals surface area contributed by atoms with Crippen LogP contribution < -0.4 is 4.72 Å². The first kappa shape index (κ1) is 15.8. The van der Waals surface area contributed by atoms with Crippen molar-refractivity contribution in [1.82, 2.24) is 4.72 Å². The maximum Gasteiger partial charge on any atom is 0.335 e. The lowest BCUT2D eigenvalue weighted by Crippen LogP contribution is -2.28. The Morgan fingerprint density at radius 1 is 1.43 bits per heavy atom. The van der Waals surface area contributed by atoms with Gasteiger partial charge in [-0.05, 0) is 29.9 Å². The average Bonchev–Trinajstić information content (AvgIpc) is 2.97. The molecular formula is C13H15F2NO4S. The molecule has 116 valence electrons. The van der Waals surface area contributed by atoms with Gasteiger partial charge in [-0.2, -0.15) is 0 Å². The number of carboxylic acids is 1. The topological polar surface area (TPSA) is 83.5 Å². The van der Waals surface area contributed by atoms with Gasteiger partial charge in [0.1, 0.15) is 4.90 Å². The summed E-state index contributed by atoms with van der Waals surface area (Å²) in [7, 11) is -4.30. The molecule has 0 aromatic heterocycles. The van der Waals surface area contributed by atoms with Gasteiger partial charge in [0.2, 0.25) is 10.0 Å². The summed E-state index contributed by atoms with van der Waals surface area (Å²) in [6.45, 7) is 4.04. The number of halogens is 2. The Labute approximate surface area is 121 Å². The van der Waals surface area contributed by atoms with E-state index < -0.39 is 38.1 Å². The van der Waals surface area contributed by atoms with E-state index in [1.54, 1.807) is 0 Å². The van der Waals surface area contributed by atoms with Crippen LogP contribution in [0.25, 0.3) is 0 Å². The second-order valence-electron chi connectivity index (χ2n) is 5.82. The molecule has 2 N–H and O–H groups in total. The standard InChI is InChI=1S/C13H15F2NO4S/c1-13(2)5-8(13)6-16-21(19,20)10-4-7(12(17)18)3-9(14)11(10)15/h3-4,8,16H,5-6H2,1-2H3,(H,17,18). The van der Waals surface area contributed by atoms with Crippen molar-refractivity contribution in [3.63, 3.8) is 0 Å². The number of rotatable bonds is 5. The van der Waals surface area contributed by atoms with Crippen LogP contribution in [0.1, 0.15) is 30.6 Å². The van der Waals surface area contributed by atoms with Crippen LogP contribution >= 0.6 is 0 Å². The molecule has 1 saturated carbocycles. The predicted molar refractivity (Wildman–Crippen MR) is 70.4 cm³/mol. The lowest BCUT2D eigenvalue weighted by atomic mass is 10.1. The van der Waals surface area contributed by atoms with Gasteiger partial charge in [0.15, 0.2) is 11.6 Å². The largest absolute Gasteiger partial charge is 0.478 e. The van der Waals surface area contributed by atoms with E-state index in [0.29, 0.717) is 12.1 Å². The Morgan fingerprint density at radius 3 is 2.48 bits per heavy atom. The number of hydrogen-bond donors (Lipinski definition) is 2. The molecule has 2 rings (SSSR count). The Morgan fingerprint density at radius 2 is 2.00 bits per heavy atom. The lowest BCUT2D eigenvalue weighted by molar-refractivity contribution is 0.0696. The van der Waals surface area contributed by atoms with Crippen molar-refractivity contribution in [2.24, 2.45) is 11.3 Å². The molecule has 1 aromatic rings. The monoisotopic (exact) mass is 319 g/mol. The van der Waals surface area contributed by atoms with E-state index in [-0.39, 0.29) is 17.9 Å². The summed E-state index contributed by atoms with van der Waals surface area (Å²) >= 11 is 0. The van der Waals surface area contributed by atoms with E-state index >= 15 is 0 Å². The smallest absolute Gasteiger partial charge is 0.335 e. The van der Waals surface area contributed by atoms with Gasteiger partial charge in [-0.15, -0.1) is 0 Å². The number of nitrogens with one attached hydrogen (secondary N) is 1. The van der Waals surface area contributed by atoms with Gasteiger partial charge in [-0.1, -0.05) is 13.8 Å². The van der Waals surface area contributed by atoms with Crippen molar-refractivity contribution in [2.75, 3.05) is 6.54 Å². The summed E-state index contributed by atoms with van der Waals surface area (Å²) < 4.78 is 53.2. The summed E-state index contributed by atoms with van der Waals surface area (Å²) in [6, 6.07) is 1.06. The van der Waals surface area contributed by atoms with Gasteiger partial charge >= 0.3 is 5.97 Å². The van der Waals surface area contributed by atoms with E-state index in [9.17, 15) is 22.0 Å². The molecule has 0 saturated heterocycles. The summed E-state index contributed by atoms with van der Waals surface area (Å²) in [5.74, 6) is -4.50. The van der Waals surface area contributed by atoms with Crippen LogP contribution in [0.4, 0.5) is 8.78 Å². The first-order valence-corrected chi connectivity index (χ1v) is 7.75. The van der Waals surface area contributed by atoms with E-state index in [0.717, 1.165) is 6.42 Å². The number of sulfonamides is 1. The van der Waals surface area contributed by atoms with Crippen LogP contribution in [-0.4, -0.2) is 26.0 Å². The average molecular weight is 319 g/mol. The predicted octanol–water partition coefficient (Wildman–Crippen LogP) is 1.99. The highest BCUT2D eigenvalue weighted by atomic mass is 32.2. The lowest BCUT2D eigenvalue weighted by Gasteiger charge is -2.10. The molecule has 1 aliphatic carbocycles. The number of benzene rings is 1. The Balaban J connectivity index is 2.29. The number of hydrogen-bond acceptors (Lipinski definition) is 3. The minimum Gasteiger partial charge on any atom is -0.478 e. The van der Waals surface area contributed by atoms with E-state index in [2.05, 4.69) is 4.72 Å². The highest BCUT2D eigenvalue weighted by Gasteiger charge is 2.45. The first-order valence-electron chi connectivity index (χ1n) is 6.26. The van der Waals surface area contributed by atoms with Crippen LogP contribution in [0.15, 0.2) is 17.0 Å². The molecule has 0 heterocycles. The fourth-order valence-corrected chi connectivity index (χ4v) is 3.29. The van der Waals surface area contributed by atoms with Crippen molar-refractivity contribution < 1.29 is 27.1 Å². The van der Waals surface area contributed by atoms with Crippen LogP contribution in [0, 0.1) is 23.0 Å². The normalized spacial score (nSPS) is 20.3. The van der Waals surface area contributed by atoms with Crippen LogP contribution in [0.5, 0.6) is 0 Å². The minimum atomic E-state index is -4.30. The molecule has 0 radical (unpaired) electrons. The molecule has 8 heteroatoms. The zero-order chi connectivity index (χ0) is 16.0. The second kappa shape index (κ2) is 5.03. The molecule has 1 unspecified atom stereocenters. The fraction of sp³-hybridized carbons (Fsp3) is 0.462. The molecule has 0 bridgehead atoms. The zero-order valence-corrected chi connectivity index (χ0v) is 12.3. The SMILES string of the molecule is CC1(C)CC1CNS(=O)(=O)c1cc(C(=O)O)cc(F)c1F. The molecule has 21 heavy (non-hydrogen) atoms. The summed E-state index contributed by atoms with van der Waals surface area (Å²) in [5, 5.41) is 8.78. The van der Waals surface area contributed by atoms with Crippen LogP contribution in [0.2, 0.25) is 0 Å². The van der Waals surface area contributed by atoms with Crippen LogP contribution in [0.3, 0.4) is 0 Å². The van der Waals surface area contributed by atoms with E-state index in [1.165, 1.54) is 0 Å². The van der Waals surface area contributed by atoms with Crippen molar-refractivity contribution in [1.29, 1.82) is 0 Å². The van der Waals surface area contributed by atoms with Gasteiger partial charge in [0.05, 0.1) is 5.56 Å². The fourth-order valence-electron chi connectivity index (χ4n) is 2.10. The van der Waals surface area contributed by atoms with Crippen molar-refractivity contribution in [2.45, 2.75) is 25.2 Å². The first-order chi connectivity index (χ1) is 9.54. The quantitative estimate of drug-likeness (QED) is 0.869. The molecule has 1 fully saturated rings. The molecule has 0 spiro atoms. The van der Waals surface area contributed by atoms with Crippen molar-refractivity contribution in [3.8, 4) is 0 Å². The molecule has 0 aliphatic heterocycles. The summed E-state index contributed by atoms with van der Waals surface area (Å²) in [4.78, 5) is 9.81. The molecule has 5 nitrogen and oxygen atoms in total. The summed E-state index contributed by atoms with van der Waals surface area (Å²) in [5.41, 5.74) is -0.601. The Kier molecular flexibility index (Phi) is 3.79. The van der Waals surface area contributed by atoms with E-state index in [1.807, 2.05) is 13.8 Å². The van der Waals surface area contributed by atoms with Gasteiger partial charge in [-0.25, -0.2) is 26.7 Å². The Bertz CT molecular complexity index is 700. The Hall–Kier alpha value is -1.54.